The van der Waals surface area contributed by atoms with Gasteiger partial charge in [0.15, 0.2) is 0 Å². The molecule has 0 fully saturated rings. The van der Waals surface area contributed by atoms with E-state index in [9.17, 15) is 18.8 Å². The Morgan fingerprint density at radius 2 is 1.51 bits per heavy atom. The van der Waals surface area contributed by atoms with Crippen LogP contribution in [0.2, 0.25) is 10.0 Å². The lowest BCUT2D eigenvalue weighted by molar-refractivity contribution is -0.115. The Bertz CT molecular complexity index is 1600. The van der Waals surface area contributed by atoms with E-state index in [0.717, 1.165) is 4.90 Å². The normalized spacial score (nSPS) is 11.9. The third kappa shape index (κ3) is 8.69. The van der Waals surface area contributed by atoms with E-state index >= 15 is 0 Å². The first kappa shape index (κ1) is 29.9. The van der Waals surface area contributed by atoms with E-state index in [1.807, 2.05) is 6.07 Å². The Morgan fingerprint density at radius 3 is 2.22 bits per heavy atom. The minimum atomic E-state index is -0.578. The van der Waals surface area contributed by atoms with E-state index < -0.39 is 22.9 Å². The fraction of sp³-hybridized carbons (Fsp3) is 0.0645. The third-order valence-corrected chi connectivity index (χ3v) is 7.50. The lowest BCUT2D eigenvalue weighted by Crippen LogP contribution is -2.30. The summed E-state index contributed by atoms with van der Waals surface area (Å²) in [4.78, 5) is 39.6. The number of anilines is 2. The molecule has 0 bridgehead atoms. The maximum Gasteiger partial charge on any atom is 0.272 e. The van der Waals surface area contributed by atoms with Crippen molar-refractivity contribution >= 4 is 70.1 Å². The second-order valence-corrected chi connectivity index (χ2v) is 11.0. The Kier molecular flexibility index (Phi) is 10.2. The minimum absolute atomic E-state index is 0.0297. The van der Waals surface area contributed by atoms with Crippen molar-refractivity contribution in [2.24, 2.45) is 0 Å². The van der Waals surface area contributed by atoms with Crippen molar-refractivity contribution in [3.63, 3.8) is 0 Å². The van der Waals surface area contributed by atoms with E-state index in [1.54, 1.807) is 73.7 Å². The molecule has 4 aromatic carbocycles. The predicted molar refractivity (Wildman–Crippen MR) is 164 cm³/mol. The van der Waals surface area contributed by atoms with Crippen LogP contribution in [0.5, 0.6) is 0 Å². The fourth-order valence-corrected chi connectivity index (χ4v) is 4.81. The summed E-state index contributed by atoms with van der Waals surface area (Å²) in [7, 11) is 0. The van der Waals surface area contributed by atoms with Gasteiger partial charge in [0.2, 0.25) is 5.91 Å². The van der Waals surface area contributed by atoms with Gasteiger partial charge in [-0.3, -0.25) is 14.4 Å². The number of hydrogen-bond acceptors (Lipinski definition) is 4. The van der Waals surface area contributed by atoms with E-state index in [4.69, 9.17) is 23.2 Å². The van der Waals surface area contributed by atoms with Gasteiger partial charge in [-0.1, -0.05) is 59.6 Å². The van der Waals surface area contributed by atoms with Gasteiger partial charge in [-0.2, -0.15) is 0 Å². The van der Waals surface area contributed by atoms with Crippen LogP contribution in [0.3, 0.4) is 0 Å². The summed E-state index contributed by atoms with van der Waals surface area (Å²) in [6.07, 6.45) is 1.46. The van der Waals surface area contributed by atoms with Crippen LogP contribution in [0, 0.1) is 5.82 Å². The zero-order chi connectivity index (χ0) is 29.4. The number of carbonyl (C=O) groups is 3. The van der Waals surface area contributed by atoms with Crippen molar-refractivity contribution in [3.05, 3.63) is 130 Å². The molecule has 0 radical (unpaired) electrons. The number of halogens is 3. The van der Waals surface area contributed by atoms with Crippen LogP contribution in [-0.4, -0.2) is 23.0 Å². The number of benzene rings is 4. The van der Waals surface area contributed by atoms with Gasteiger partial charge in [0, 0.05) is 21.8 Å². The molecular weight excluding hydrogens is 584 g/mol. The quantitative estimate of drug-likeness (QED) is 0.135. The summed E-state index contributed by atoms with van der Waals surface area (Å²) in [5.41, 5.74) is 1.85. The van der Waals surface area contributed by atoms with Crippen molar-refractivity contribution in [1.82, 2.24) is 5.32 Å². The van der Waals surface area contributed by atoms with Gasteiger partial charge in [-0.25, -0.2) is 4.39 Å². The number of nitrogens with one attached hydrogen (secondary N) is 3. The molecule has 41 heavy (non-hydrogen) atoms. The lowest BCUT2D eigenvalue weighted by Gasteiger charge is -2.14. The summed E-state index contributed by atoms with van der Waals surface area (Å²) < 4.78 is 13.4. The first-order valence-electron chi connectivity index (χ1n) is 12.4. The third-order valence-electron chi connectivity index (χ3n) is 5.67. The van der Waals surface area contributed by atoms with Gasteiger partial charge in [0.25, 0.3) is 11.8 Å². The fourth-order valence-electron chi connectivity index (χ4n) is 3.59. The highest BCUT2D eigenvalue weighted by molar-refractivity contribution is 8.00. The monoisotopic (exact) mass is 607 g/mol. The molecule has 1 unspecified atom stereocenters. The largest absolute Gasteiger partial charge is 0.325 e. The smallest absolute Gasteiger partial charge is 0.272 e. The molecule has 3 amide bonds. The Labute approximate surface area is 250 Å². The van der Waals surface area contributed by atoms with Crippen molar-refractivity contribution < 1.29 is 18.8 Å². The molecule has 4 rings (SSSR count). The zero-order valence-electron chi connectivity index (χ0n) is 21.7. The minimum Gasteiger partial charge on any atom is -0.325 e. The molecule has 6 nitrogen and oxygen atoms in total. The molecule has 0 aliphatic rings. The van der Waals surface area contributed by atoms with Crippen molar-refractivity contribution in [3.8, 4) is 0 Å². The van der Waals surface area contributed by atoms with Crippen LogP contribution < -0.4 is 16.0 Å². The van der Waals surface area contributed by atoms with Crippen LogP contribution in [0.25, 0.3) is 6.08 Å². The van der Waals surface area contributed by atoms with Crippen molar-refractivity contribution in [1.29, 1.82) is 0 Å². The van der Waals surface area contributed by atoms with Gasteiger partial charge >= 0.3 is 0 Å². The van der Waals surface area contributed by atoms with Crippen LogP contribution >= 0.6 is 35.0 Å². The number of amides is 3. The zero-order valence-corrected chi connectivity index (χ0v) is 24.0. The standard InChI is InChI=1S/C31H24Cl2FN3O3S/c1-19(29(38)35-24-14-15-26(32)27(33)18-24)41-25-9-5-8-23(17-25)36-31(40)28(16-20-10-12-22(34)13-11-20)37-30(39)21-6-3-2-4-7-21/h2-19H,1H3,(H,35,38)(H,36,40)(H,37,39)/b28-16-. The van der Waals surface area contributed by atoms with Gasteiger partial charge in [-0.15, -0.1) is 11.8 Å². The molecule has 0 aliphatic heterocycles. The summed E-state index contributed by atoms with van der Waals surface area (Å²) >= 11 is 13.3. The van der Waals surface area contributed by atoms with Gasteiger partial charge < -0.3 is 16.0 Å². The average molecular weight is 609 g/mol. The molecule has 4 aromatic rings. The predicted octanol–water partition coefficient (Wildman–Crippen LogP) is 7.66. The Hall–Kier alpha value is -4.11. The molecular formula is C31H24Cl2FN3O3S. The van der Waals surface area contributed by atoms with Crippen LogP contribution in [0.1, 0.15) is 22.8 Å². The van der Waals surface area contributed by atoms with Crippen molar-refractivity contribution in [2.75, 3.05) is 10.6 Å². The number of thioether (sulfide) groups is 1. The number of carbonyl (C=O) groups excluding carboxylic acids is 3. The second kappa shape index (κ2) is 14.0. The molecule has 0 heterocycles. The summed E-state index contributed by atoms with van der Waals surface area (Å²) in [6, 6.07) is 25.8. The first-order valence-corrected chi connectivity index (χ1v) is 14.0. The average Bonchev–Trinajstić information content (AvgIpc) is 2.96. The van der Waals surface area contributed by atoms with E-state index in [1.165, 1.54) is 42.1 Å². The summed E-state index contributed by atoms with van der Waals surface area (Å²) in [6.45, 7) is 1.76. The molecule has 0 aromatic heterocycles. The lowest BCUT2D eigenvalue weighted by atomic mass is 10.1. The molecule has 10 heteroatoms. The van der Waals surface area contributed by atoms with Crippen LogP contribution in [0.15, 0.2) is 108 Å². The number of hydrogen-bond donors (Lipinski definition) is 3. The molecule has 0 spiro atoms. The molecule has 0 aliphatic carbocycles. The molecule has 0 saturated carbocycles. The maximum atomic E-state index is 13.4. The molecule has 0 saturated heterocycles. The molecule has 208 valence electrons. The topological polar surface area (TPSA) is 87.3 Å². The molecule has 3 N–H and O–H groups in total. The number of rotatable bonds is 9. The highest BCUT2D eigenvalue weighted by Crippen LogP contribution is 2.28. The van der Waals surface area contributed by atoms with E-state index in [2.05, 4.69) is 16.0 Å². The van der Waals surface area contributed by atoms with Gasteiger partial charge in [0.1, 0.15) is 11.5 Å². The van der Waals surface area contributed by atoms with E-state index in [0.29, 0.717) is 32.5 Å². The van der Waals surface area contributed by atoms with Crippen molar-refractivity contribution in [2.45, 2.75) is 17.1 Å². The van der Waals surface area contributed by atoms with E-state index in [-0.39, 0.29) is 11.6 Å². The van der Waals surface area contributed by atoms with Crippen LogP contribution in [0.4, 0.5) is 15.8 Å². The Morgan fingerprint density at radius 1 is 0.805 bits per heavy atom. The molecule has 1 atom stereocenters. The maximum absolute atomic E-state index is 13.4. The summed E-state index contributed by atoms with van der Waals surface area (Å²) in [5.74, 6) is -1.71. The highest BCUT2D eigenvalue weighted by atomic mass is 35.5. The van der Waals surface area contributed by atoms with Crippen LogP contribution in [-0.2, 0) is 9.59 Å². The highest BCUT2D eigenvalue weighted by Gasteiger charge is 2.18. The first-order chi connectivity index (χ1) is 19.7. The summed E-state index contributed by atoms with van der Waals surface area (Å²) in [5, 5.41) is 8.49. The van der Waals surface area contributed by atoms with Gasteiger partial charge in [-0.05, 0) is 79.2 Å². The Balaban J connectivity index is 1.47. The van der Waals surface area contributed by atoms with Gasteiger partial charge in [0.05, 0.1) is 15.3 Å². The SMILES string of the molecule is CC(Sc1cccc(NC(=O)/C(=C/c2ccc(F)cc2)NC(=O)c2ccccc2)c1)C(=O)Nc1ccc(Cl)c(Cl)c1. The second-order valence-electron chi connectivity index (χ2n) is 8.79.